The lowest BCUT2D eigenvalue weighted by atomic mass is 10.1. The summed E-state index contributed by atoms with van der Waals surface area (Å²) in [6.45, 7) is 10.6. The van der Waals surface area contributed by atoms with E-state index in [1.807, 2.05) is 0 Å². The molecule has 1 N–H and O–H groups in total. The highest BCUT2D eigenvalue weighted by Gasteiger charge is 2.30. The molecule has 0 aromatic heterocycles. The molecule has 1 heterocycles. The molecule has 0 aliphatic carbocycles. The van der Waals surface area contributed by atoms with Gasteiger partial charge in [-0.15, -0.1) is 0 Å². The number of hydrogen-bond acceptors (Lipinski definition) is 3. The Labute approximate surface area is 94.8 Å². The first-order chi connectivity index (χ1) is 7.15. The molecule has 0 spiro atoms. The van der Waals surface area contributed by atoms with Crippen LogP contribution >= 0.6 is 0 Å². The van der Waals surface area contributed by atoms with Gasteiger partial charge in [0.2, 0.25) is 0 Å². The van der Waals surface area contributed by atoms with Gasteiger partial charge < -0.3 is 15.1 Å². The van der Waals surface area contributed by atoms with E-state index in [1.54, 1.807) is 0 Å². The minimum atomic E-state index is 0.746. The monoisotopic (exact) mass is 213 g/mol. The summed E-state index contributed by atoms with van der Waals surface area (Å²) >= 11 is 0. The molecule has 1 saturated heterocycles. The quantitative estimate of drug-likeness (QED) is 0.661. The van der Waals surface area contributed by atoms with Gasteiger partial charge >= 0.3 is 0 Å². The number of likely N-dealkylation sites (tertiary alicyclic amines) is 1. The molecule has 2 unspecified atom stereocenters. The lowest BCUT2D eigenvalue weighted by molar-refractivity contribution is 0.252. The Hall–Kier alpha value is -0.120. The molecule has 1 fully saturated rings. The van der Waals surface area contributed by atoms with Crippen LogP contribution in [0.5, 0.6) is 0 Å². The number of nitrogens with zero attached hydrogens (tertiary/aromatic N) is 2. The predicted octanol–water partition coefficient (Wildman–Crippen LogP) is 0.868. The van der Waals surface area contributed by atoms with Crippen LogP contribution in [0.1, 0.15) is 20.3 Å². The molecule has 0 saturated carbocycles. The molecule has 1 rings (SSSR count). The van der Waals surface area contributed by atoms with E-state index in [9.17, 15) is 0 Å². The maximum absolute atomic E-state index is 3.47. The standard InChI is InChI=1S/C12H27N3/c1-5-6-13-7-8-15-9-11(2)12(10-15)14(3)4/h11-13H,5-10H2,1-4H3. The number of likely N-dealkylation sites (N-methyl/N-ethyl adjacent to an activating group) is 1. The summed E-state index contributed by atoms with van der Waals surface area (Å²) < 4.78 is 0. The SMILES string of the molecule is CCCNCCN1CC(C)C(N(C)C)C1. The summed E-state index contributed by atoms with van der Waals surface area (Å²) in [4.78, 5) is 4.95. The van der Waals surface area contributed by atoms with Crippen LogP contribution in [0.3, 0.4) is 0 Å². The molecule has 0 amide bonds. The summed E-state index contributed by atoms with van der Waals surface area (Å²) in [6.07, 6.45) is 1.23. The maximum atomic E-state index is 3.47. The summed E-state index contributed by atoms with van der Waals surface area (Å²) in [6, 6.07) is 0.746. The predicted molar refractivity (Wildman–Crippen MR) is 66.2 cm³/mol. The summed E-state index contributed by atoms with van der Waals surface area (Å²) in [5, 5.41) is 3.47. The molecule has 0 bridgehead atoms. The highest BCUT2D eigenvalue weighted by Crippen LogP contribution is 2.19. The first-order valence-corrected chi connectivity index (χ1v) is 6.24. The van der Waals surface area contributed by atoms with Gasteiger partial charge in [-0.1, -0.05) is 13.8 Å². The summed E-state index contributed by atoms with van der Waals surface area (Å²) in [7, 11) is 4.39. The van der Waals surface area contributed by atoms with Gasteiger partial charge in [-0.25, -0.2) is 0 Å². The van der Waals surface area contributed by atoms with Crippen molar-refractivity contribution in [1.82, 2.24) is 15.1 Å². The normalized spacial score (nSPS) is 27.8. The molecule has 0 aromatic rings. The largest absolute Gasteiger partial charge is 0.315 e. The van der Waals surface area contributed by atoms with E-state index >= 15 is 0 Å². The van der Waals surface area contributed by atoms with E-state index in [0.717, 1.165) is 25.0 Å². The highest BCUT2D eigenvalue weighted by molar-refractivity contribution is 4.86. The second-order valence-electron chi connectivity index (χ2n) is 5.02. The Kier molecular flexibility index (Phi) is 5.58. The van der Waals surface area contributed by atoms with Crippen molar-refractivity contribution in [3.63, 3.8) is 0 Å². The Bertz CT molecular complexity index is 170. The fourth-order valence-corrected chi connectivity index (χ4v) is 2.44. The van der Waals surface area contributed by atoms with E-state index in [2.05, 4.69) is 43.1 Å². The Balaban J connectivity index is 2.17. The number of hydrogen-bond donors (Lipinski definition) is 1. The van der Waals surface area contributed by atoms with Crippen LogP contribution in [0.4, 0.5) is 0 Å². The van der Waals surface area contributed by atoms with Gasteiger partial charge in [0.1, 0.15) is 0 Å². The van der Waals surface area contributed by atoms with Crippen LogP contribution in [0.2, 0.25) is 0 Å². The molecule has 0 radical (unpaired) electrons. The fourth-order valence-electron chi connectivity index (χ4n) is 2.44. The zero-order chi connectivity index (χ0) is 11.3. The number of rotatable bonds is 6. The van der Waals surface area contributed by atoms with E-state index in [4.69, 9.17) is 0 Å². The maximum Gasteiger partial charge on any atom is 0.0254 e. The molecule has 1 aliphatic rings. The molecule has 90 valence electrons. The van der Waals surface area contributed by atoms with Gasteiger partial charge in [-0.05, 0) is 33.0 Å². The van der Waals surface area contributed by atoms with E-state index < -0.39 is 0 Å². The van der Waals surface area contributed by atoms with Crippen LogP contribution in [0, 0.1) is 5.92 Å². The minimum Gasteiger partial charge on any atom is -0.315 e. The number of nitrogens with one attached hydrogen (secondary N) is 1. The molecule has 3 heteroatoms. The van der Waals surface area contributed by atoms with Crippen molar-refractivity contribution in [2.45, 2.75) is 26.3 Å². The van der Waals surface area contributed by atoms with Gasteiger partial charge in [0.15, 0.2) is 0 Å². The average Bonchev–Trinajstić information content (AvgIpc) is 2.55. The van der Waals surface area contributed by atoms with Gasteiger partial charge in [0.05, 0.1) is 0 Å². The Morgan fingerprint density at radius 2 is 2.00 bits per heavy atom. The van der Waals surface area contributed by atoms with Crippen molar-refractivity contribution < 1.29 is 0 Å². The third kappa shape index (κ3) is 4.09. The van der Waals surface area contributed by atoms with Crippen molar-refractivity contribution in [1.29, 1.82) is 0 Å². The lowest BCUT2D eigenvalue weighted by Gasteiger charge is -2.22. The zero-order valence-corrected chi connectivity index (χ0v) is 10.8. The fraction of sp³-hybridized carbons (Fsp3) is 1.00. The van der Waals surface area contributed by atoms with Gasteiger partial charge in [0.25, 0.3) is 0 Å². The summed E-state index contributed by atoms with van der Waals surface area (Å²) in [5.41, 5.74) is 0. The molecule has 15 heavy (non-hydrogen) atoms. The first-order valence-electron chi connectivity index (χ1n) is 6.24. The second-order valence-corrected chi connectivity index (χ2v) is 5.02. The van der Waals surface area contributed by atoms with Gasteiger partial charge in [0, 0.05) is 32.2 Å². The average molecular weight is 213 g/mol. The van der Waals surface area contributed by atoms with Crippen LogP contribution in [-0.4, -0.2) is 62.7 Å². The topological polar surface area (TPSA) is 18.5 Å². The van der Waals surface area contributed by atoms with Crippen LogP contribution < -0.4 is 5.32 Å². The van der Waals surface area contributed by atoms with Crippen molar-refractivity contribution in [3.8, 4) is 0 Å². The van der Waals surface area contributed by atoms with Crippen LogP contribution in [0.15, 0.2) is 0 Å². The highest BCUT2D eigenvalue weighted by atomic mass is 15.2. The van der Waals surface area contributed by atoms with E-state index in [-0.39, 0.29) is 0 Å². The third-order valence-electron chi connectivity index (χ3n) is 3.34. The molecule has 2 atom stereocenters. The summed E-state index contributed by atoms with van der Waals surface area (Å²) in [5.74, 6) is 0.811. The molecule has 1 aliphatic heterocycles. The van der Waals surface area contributed by atoms with Gasteiger partial charge in [-0.3, -0.25) is 0 Å². The molecular formula is C12H27N3. The minimum absolute atomic E-state index is 0.746. The Morgan fingerprint density at radius 3 is 2.53 bits per heavy atom. The third-order valence-corrected chi connectivity index (χ3v) is 3.34. The molecule has 3 nitrogen and oxygen atoms in total. The van der Waals surface area contributed by atoms with Gasteiger partial charge in [-0.2, -0.15) is 0 Å². The van der Waals surface area contributed by atoms with Crippen molar-refractivity contribution in [3.05, 3.63) is 0 Å². The van der Waals surface area contributed by atoms with Crippen molar-refractivity contribution in [2.75, 3.05) is 46.8 Å². The Morgan fingerprint density at radius 1 is 1.27 bits per heavy atom. The van der Waals surface area contributed by atoms with Crippen molar-refractivity contribution in [2.24, 2.45) is 5.92 Å². The van der Waals surface area contributed by atoms with Crippen LogP contribution in [-0.2, 0) is 0 Å². The van der Waals surface area contributed by atoms with Crippen molar-refractivity contribution >= 4 is 0 Å². The smallest absolute Gasteiger partial charge is 0.0254 e. The lowest BCUT2D eigenvalue weighted by Crippen LogP contribution is -2.36. The first kappa shape index (κ1) is 12.9. The zero-order valence-electron chi connectivity index (χ0n) is 10.8. The van der Waals surface area contributed by atoms with E-state index in [0.29, 0.717) is 0 Å². The van der Waals surface area contributed by atoms with E-state index in [1.165, 1.54) is 26.1 Å². The van der Waals surface area contributed by atoms with Crippen LogP contribution in [0.25, 0.3) is 0 Å². The molecular weight excluding hydrogens is 186 g/mol. The second kappa shape index (κ2) is 6.46. The molecule has 0 aromatic carbocycles.